The van der Waals surface area contributed by atoms with Crippen LogP contribution in [0.1, 0.15) is 45.1 Å². The Hall–Kier alpha value is -1.51. The van der Waals surface area contributed by atoms with Gasteiger partial charge in [0.1, 0.15) is 5.75 Å². The second-order valence-corrected chi connectivity index (χ2v) is 4.98. The van der Waals surface area contributed by atoms with Crippen LogP contribution in [0.2, 0.25) is 0 Å². The molecule has 1 atom stereocenters. The van der Waals surface area contributed by atoms with Crippen molar-refractivity contribution < 1.29 is 14.6 Å². The first kappa shape index (κ1) is 14.6. The molecule has 3 heteroatoms. The lowest BCUT2D eigenvalue weighted by Gasteiger charge is -2.15. The highest BCUT2D eigenvalue weighted by Crippen LogP contribution is 2.25. The summed E-state index contributed by atoms with van der Waals surface area (Å²) in [7, 11) is 0. The number of aromatic hydroxyl groups is 1. The Morgan fingerprint density at radius 1 is 1.28 bits per heavy atom. The summed E-state index contributed by atoms with van der Waals surface area (Å²) in [6.45, 7) is 6.56. The van der Waals surface area contributed by atoms with Crippen molar-refractivity contribution in [3.63, 3.8) is 0 Å². The van der Waals surface area contributed by atoms with Crippen molar-refractivity contribution in [1.29, 1.82) is 0 Å². The number of phenols is 1. The van der Waals surface area contributed by atoms with E-state index in [1.807, 2.05) is 32.9 Å². The first-order valence-electron chi connectivity index (χ1n) is 6.47. The summed E-state index contributed by atoms with van der Waals surface area (Å²) in [5, 5.41) is 9.25. The van der Waals surface area contributed by atoms with Crippen LogP contribution >= 0.6 is 0 Å². The molecule has 100 valence electrons. The van der Waals surface area contributed by atoms with Gasteiger partial charge in [-0.2, -0.15) is 0 Å². The second-order valence-electron chi connectivity index (χ2n) is 4.98. The first-order valence-corrected chi connectivity index (χ1v) is 6.47. The molecule has 1 aromatic rings. The van der Waals surface area contributed by atoms with Crippen LogP contribution in [0, 0.1) is 5.92 Å². The minimum absolute atomic E-state index is 0.149. The lowest BCUT2D eigenvalue weighted by molar-refractivity contribution is -0.145. The molecule has 0 bridgehead atoms. The van der Waals surface area contributed by atoms with Gasteiger partial charge >= 0.3 is 5.97 Å². The van der Waals surface area contributed by atoms with Crippen molar-refractivity contribution in [2.45, 2.75) is 39.5 Å². The molecule has 0 heterocycles. The Bertz CT molecular complexity index is 368. The van der Waals surface area contributed by atoms with Gasteiger partial charge in [-0.05, 0) is 36.0 Å². The van der Waals surface area contributed by atoms with Crippen molar-refractivity contribution in [2.24, 2.45) is 5.92 Å². The quantitative estimate of drug-likeness (QED) is 0.786. The summed E-state index contributed by atoms with van der Waals surface area (Å²) in [5.74, 6) is 0.618. The van der Waals surface area contributed by atoms with Gasteiger partial charge in [0.05, 0.1) is 13.0 Å². The van der Waals surface area contributed by atoms with E-state index in [-0.39, 0.29) is 17.6 Å². The predicted molar refractivity (Wildman–Crippen MR) is 71.6 cm³/mol. The van der Waals surface area contributed by atoms with Crippen molar-refractivity contribution in [3.8, 4) is 5.75 Å². The summed E-state index contributed by atoms with van der Waals surface area (Å²) in [5.41, 5.74) is 1.07. The average Bonchev–Trinajstić information content (AvgIpc) is 2.34. The van der Waals surface area contributed by atoms with Gasteiger partial charge < -0.3 is 9.84 Å². The number of phenolic OH excluding ortho intramolecular Hbond substituents is 1. The van der Waals surface area contributed by atoms with Crippen molar-refractivity contribution in [2.75, 3.05) is 6.61 Å². The van der Waals surface area contributed by atoms with E-state index in [4.69, 9.17) is 4.74 Å². The van der Waals surface area contributed by atoms with Crippen LogP contribution in [-0.2, 0) is 9.53 Å². The SMILES string of the molecule is CCC(CC(=O)OCC(C)C)c1ccc(O)cc1. The van der Waals surface area contributed by atoms with Crippen molar-refractivity contribution in [3.05, 3.63) is 29.8 Å². The second kappa shape index (κ2) is 7.04. The van der Waals surface area contributed by atoms with Crippen LogP contribution < -0.4 is 0 Å². The Labute approximate surface area is 109 Å². The summed E-state index contributed by atoms with van der Waals surface area (Å²) in [6, 6.07) is 7.02. The summed E-state index contributed by atoms with van der Waals surface area (Å²) < 4.78 is 5.19. The van der Waals surface area contributed by atoms with Gasteiger partial charge in [-0.25, -0.2) is 0 Å². The van der Waals surface area contributed by atoms with Gasteiger partial charge in [0.2, 0.25) is 0 Å². The monoisotopic (exact) mass is 250 g/mol. The van der Waals surface area contributed by atoms with Gasteiger partial charge in [0, 0.05) is 0 Å². The van der Waals surface area contributed by atoms with E-state index in [1.54, 1.807) is 12.1 Å². The van der Waals surface area contributed by atoms with E-state index < -0.39 is 0 Å². The van der Waals surface area contributed by atoms with Crippen molar-refractivity contribution in [1.82, 2.24) is 0 Å². The highest BCUT2D eigenvalue weighted by Gasteiger charge is 2.15. The molecular formula is C15H22O3. The van der Waals surface area contributed by atoms with Crippen LogP contribution in [0.15, 0.2) is 24.3 Å². The molecule has 0 aliphatic rings. The molecule has 0 aliphatic carbocycles. The maximum absolute atomic E-state index is 11.7. The maximum atomic E-state index is 11.7. The molecule has 1 aromatic carbocycles. The Balaban J connectivity index is 2.56. The van der Waals surface area contributed by atoms with Crippen LogP contribution in [0.25, 0.3) is 0 Å². The zero-order valence-electron chi connectivity index (χ0n) is 11.3. The molecule has 1 rings (SSSR count). The Morgan fingerprint density at radius 3 is 2.39 bits per heavy atom. The summed E-state index contributed by atoms with van der Waals surface area (Å²) in [6.07, 6.45) is 1.27. The highest BCUT2D eigenvalue weighted by molar-refractivity contribution is 5.70. The third-order valence-corrected chi connectivity index (χ3v) is 2.85. The maximum Gasteiger partial charge on any atom is 0.306 e. The third kappa shape index (κ3) is 4.78. The van der Waals surface area contributed by atoms with Gasteiger partial charge in [-0.15, -0.1) is 0 Å². The van der Waals surface area contributed by atoms with Crippen LogP contribution in [-0.4, -0.2) is 17.7 Å². The lowest BCUT2D eigenvalue weighted by atomic mass is 9.93. The zero-order valence-corrected chi connectivity index (χ0v) is 11.3. The first-order chi connectivity index (χ1) is 8.52. The standard InChI is InChI=1S/C15H22O3/c1-4-12(9-15(17)18-10-11(2)3)13-5-7-14(16)8-6-13/h5-8,11-12,16H,4,9-10H2,1-3H3. The number of rotatable bonds is 6. The van der Waals surface area contributed by atoms with E-state index >= 15 is 0 Å². The van der Waals surface area contributed by atoms with E-state index in [9.17, 15) is 9.90 Å². The molecule has 1 N–H and O–H groups in total. The van der Waals surface area contributed by atoms with E-state index in [2.05, 4.69) is 0 Å². The molecule has 0 aliphatic heterocycles. The fraction of sp³-hybridized carbons (Fsp3) is 0.533. The molecule has 18 heavy (non-hydrogen) atoms. The van der Waals surface area contributed by atoms with Gasteiger partial charge in [0.25, 0.3) is 0 Å². The van der Waals surface area contributed by atoms with E-state index in [0.717, 1.165) is 12.0 Å². The Morgan fingerprint density at radius 2 is 1.89 bits per heavy atom. The largest absolute Gasteiger partial charge is 0.508 e. The molecule has 0 radical (unpaired) electrons. The lowest BCUT2D eigenvalue weighted by Crippen LogP contribution is -2.13. The number of carbonyl (C=O) groups excluding carboxylic acids is 1. The average molecular weight is 250 g/mol. The van der Waals surface area contributed by atoms with Crippen molar-refractivity contribution >= 4 is 5.97 Å². The number of carbonyl (C=O) groups is 1. The molecule has 0 amide bonds. The molecular weight excluding hydrogens is 228 g/mol. The smallest absolute Gasteiger partial charge is 0.306 e. The molecule has 1 unspecified atom stereocenters. The molecule has 0 aromatic heterocycles. The molecule has 0 spiro atoms. The zero-order chi connectivity index (χ0) is 13.5. The topological polar surface area (TPSA) is 46.5 Å². The number of esters is 1. The van der Waals surface area contributed by atoms with E-state index in [0.29, 0.717) is 18.9 Å². The fourth-order valence-corrected chi connectivity index (χ4v) is 1.76. The predicted octanol–water partition coefficient (Wildman–Crippen LogP) is 3.48. The number of hydrogen-bond acceptors (Lipinski definition) is 3. The van der Waals surface area contributed by atoms with E-state index in [1.165, 1.54) is 0 Å². The summed E-state index contributed by atoms with van der Waals surface area (Å²) in [4.78, 5) is 11.7. The molecule has 3 nitrogen and oxygen atoms in total. The van der Waals surface area contributed by atoms with Gasteiger partial charge in [-0.1, -0.05) is 32.9 Å². The minimum atomic E-state index is -0.149. The summed E-state index contributed by atoms with van der Waals surface area (Å²) >= 11 is 0. The molecule has 0 saturated heterocycles. The van der Waals surface area contributed by atoms with Crippen LogP contribution in [0.3, 0.4) is 0 Å². The number of benzene rings is 1. The highest BCUT2D eigenvalue weighted by atomic mass is 16.5. The molecule has 0 saturated carbocycles. The van der Waals surface area contributed by atoms with Crippen LogP contribution in [0.5, 0.6) is 5.75 Å². The van der Waals surface area contributed by atoms with Crippen LogP contribution in [0.4, 0.5) is 0 Å². The fourth-order valence-electron chi connectivity index (χ4n) is 1.76. The van der Waals surface area contributed by atoms with Gasteiger partial charge in [0.15, 0.2) is 0 Å². The third-order valence-electron chi connectivity index (χ3n) is 2.85. The Kier molecular flexibility index (Phi) is 5.69. The normalized spacial score (nSPS) is 12.4. The number of hydrogen-bond donors (Lipinski definition) is 1. The minimum Gasteiger partial charge on any atom is -0.508 e. The number of ether oxygens (including phenoxy) is 1. The van der Waals surface area contributed by atoms with Gasteiger partial charge in [-0.3, -0.25) is 4.79 Å². The molecule has 0 fully saturated rings.